The molecule has 0 aliphatic carbocycles. The van der Waals surface area contributed by atoms with Crippen LogP contribution in [0.5, 0.6) is 0 Å². The normalized spacial score (nSPS) is 27.0. The quantitative estimate of drug-likeness (QED) is 0.661. The monoisotopic (exact) mass is 449 g/mol. The Labute approximate surface area is 190 Å². The summed E-state index contributed by atoms with van der Waals surface area (Å²) >= 11 is 0. The van der Waals surface area contributed by atoms with E-state index in [1.54, 1.807) is 12.0 Å². The van der Waals surface area contributed by atoms with Crippen LogP contribution in [-0.2, 0) is 4.74 Å². The van der Waals surface area contributed by atoms with E-state index in [0.717, 1.165) is 6.61 Å². The maximum Gasteiger partial charge on any atom is 0.261 e. The number of ether oxygens (including phenoxy) is 1. The highest BCUT2D eigenvalue weighted by atomic mass is 19.3. The lowest BCUT2D eigenvalue weighted by Gasteiger charge is -2.27. The molecule has 3 aliphatic rings. The molecule has 0 aromatic heterocycles. The SMILES string of the molecule is CC(C)N1CCC(F)(F)C1.CC(C)N1CCC[C@H]1CO.COC[C@H]1CCCN1C(C)C. The Morgan fingerprint density at radius 2 is 1.39 bits per heavy atom. The average Bonchev–Trinajstić information content (AvgIpc) is 3.41. The molecule has 3 aliphatic heterocycles. The van der Waals surface area contributed by atoms with Crippen molar-refractivity contribution in [1.29, 1.82) is 0 Å². The number of nitrogens with zero attached hydrogens (tertiary/aromatic N) is 3. The Hall–Kier alpha value is -0.340. The number of likely N-dealkylation sites (tertiary alicyclic amines) is 3. The lowest BCUT2D eigenvalue weighted by Crippen LogP contribution is -2.37. The molecule has 0 aromatic rings. The lowest BCUT2D eigenvalue weighted by atomic mass is 10.2. The van der Waals surface area contributed by atoms with Crippen molar-refractivity contribution in [3.63, 3.8) is 0 Å². The van der Waals surface area contributed by atoms with Gasteiger partial charge >= 0.3 is 0 Å². The van der Waals surface area contributed by atoms with Gasteiger partial charge in [0.25, 0.3) is 5.92 Å². The number of aliphatic hydroxyl groups excluding tert-OH is 1. The molecule has 0 radical (unpaired) electrons. The van der Waals surface area contributed by atoms with Crippen molar-refractivity contribution >= 4 is 0 Å². The maximum absolute atomic E-state index is 12.5. The first-order valence-corrected chi connectivity index (χ1v) is 12.3. The summed E-state index contributed by atoms with van der Waals surface area (Å²) in [5, 5.41) is 8.94. The van der Waals surface area contributed by atoms with Gasteiger partial charge < -0.3 is 9.84 Å². The zero-order valence-corrected chi connectivity index (χ0v) is 21.1. The molecule has 31 heavy (non-hydrogen) atoms. The molecule has 1 N–H and O–H groups in total. The fourth-order valence-electron chi connectivity index (χ4n) is 4.85. The van der Waals surface area contributed by atoms with Gasteiger partial charge in [0.1, 0.15) is 0 Å². The summed E-state index contributed by atoms with van der Waals surface area (Å²) in [6.07, 6.45) is 5.11. The van der Waals surface area contributed by atoms with Gasteiger partial charge in [-0.1, -0.05) is 0 Å². The molecule has 0 spiro atoms. The summed E-state index contributed by atoms with van der Waals surface area (Å²) in [5.41, 5.74) is 0. The zero-order chi connectivity index (χ0) is 23.6. The van der Waals surface area contributed by atoms with Gasteiger partial charge in [-0.05, 0) is 80.3 Å². The molecular weight excluding hydrogens is 400 g/mol. The van der Waals surface area contributed by atoms with Crippen molar-refractivity contribution in [2.45, 2.75) is 110 Å². The second kappa shape index (κ2) is 14.0. The molecule has 5 nitrogen and oxygen atoms in total. The number of halogens is 2. The van der Waals surface area contributed by atoms with Crippen LogP contribution in [0.4, 0.5) is 8.78 Å². The summed E-state index contributed by atoms with van der Waals surface area (Å²) in [6, 6.07) is 2.66. The maximum atomic E-state index is 12.5. The van der Waals surface area contributed by atoms with Gasteiger partial charge in [0.15, 0.2) is 0 Å². The van der Waals surface area contributed by atoms with Crippen LogP contribution in [0.3, 0.4) is 0 Å². The first kappa shape index (κ1) is 28.7. The first-order chi connectivity index (χ1) is 14.5. The van der Waals surface area contributed by atoms with Crippen LogP contribution in [0, 0.1) is 0 Å². The largest absolute Gasteiger partial charge is 0.395 e. The van der Waals surface area contributed by atoms with Crippen molar-refractivity contribution in [1.82, 2.24) is 14.7 Å². The molecule has 0 aromatic carbocycles. The fraction of sp³-hybridized carbons (Fsp3) is 1.00. The fourth-order valence-corrected chi connectivity index (χ4v) is 4.85. The van der Waals surface area contributed by atoms with Crippen LogP contribution in [0.1, 0.15) is 73.6 Å². The van der Waals surface area contributed by atoms with Crippen molar-refractivity contribution in [2.24, 2.45) is 0 Å². The minimum absolute atomic E-state index is 0.0329. The Morgan fingerprint density at radius 1 is 0.871 bits per heavy atom. The number of aliphatic hydroxyl groups is 1. The summed E-state index contributed by atoms with van der Waals surface area (Å²) in [6.45, 7) is 16.9. The minimum Gasteiger partial charge on any atom is -0.395 e. The van der Waals surface area contributed by atoms with E-state index in [9.17, 15) is 8.78 Å². The summed E-state index contributed by atoms with van der Waals surface area (Å²) in [5.74, 6) is -2.43. The van der Waals surface area contributed by atoms with Crippen LogP contribution in [0.25, 0.3) is 0 Å². The van der Waals surface area contributed by atoms with Crippen LogP contribution < -0.4 is 0 Å². The first-order valence-electron chi connectivity index (χ1n) is 12.3. The van der Waals surface area contributed by atoms with Gasteiger partial charge in [-0.2, -0.15) is 0 Å². The Kier molecular flexibility index (Phi) is 13.0. The van der Waals surface area contributed by atoms with E-state index >= 15 is 0 Å². The van der Waals surface area contributed by atoms with Crippen molar-refractivity contribution in [3.8, 4) is 0 Å². The summed E-state index contributed by atoms with van der Waals surface area (Å²) < 4.78 is 30.2. The molecule has 0 amide bonds. The summed E-state index contributed by atoms with van der Waals surface area (Å²) in [4.78, 5) is 6.71. The van der Waals surface area contributed by atoms with E-state index in [2.05, 4.69) is 37.5 Å². The van der Waals surface area contributed by atoms with E-state index in [1.165, 1.54) is 38.8 Å². The second-order valence-corrected chi connectivity index (χ2v) is 10.1. The number of alkyl halides is 2. The standard InChI is InChI=1S/C9H19NO.C8H17NO.C7H13F2N/c1-8(2)10-6-4-5-9(10)7-11-3;1-7(2)9-5-3-4-8(9)6-10;1-6(2)10-4-3-7(8,9)5-10/h8-9H,4-7H2,1-3H3;7-8,10H,3-6H2,1-2H3;6H,3-5H2,1-2H3/t9-;8-;/m10./s1. The number of methoxy groups -OCH3 is 1. The second-order valence-electron chi connectivity index (χ2n) is 10.1. The van der Waals surface area contributed by atoms with Gasteiger partial charge in [-0.25, -0.2) is 8.78 Å². The van der Waals surface area contributed by atoms with Crippen molar-refractivity contribution in [2.75, 3.05) is 46.5 Å². The highest BCUT2D eigenvalue weighted by molar-refractivity contribution is 4.83. The lowest BCUT2D eigenvalue weighted by molar-refractivity contribution is 0.00920. The summed E-state index contributed by atoms with van der Waals surface area (Å²) in [7, 11) is 1.79. The highest BCUT2D eigenvalue weighted by Crippen LogP contribution is 2.27. The minimum atomic E-state index is -2.43. The van der Waals surface area contributed by atoms with Crippen LogP contribution in [-0.4, -0.2) is 102 Å². The Bertz CT molecular complexity index is 478. The Morgan fingerprint density at radius 3 is 1.71 bits per heavy atom. The predicted molar refractivity (Wildman–Crippen MR) is 125 cm³/mol. The zero-order valence-electron chi connectivity index (χ0n) is 21.1. The average molecular weight is 450 g/mol. The molecule has 0 saturated carbocycles. The van der Waals surface area contributed by atoms with E-state index in [4.69, 9.17) is 9.84 Å². The number of rotatable bonds is 6. The predicted octanol–water partition coefficient (Wildman–Crippen LogP) is 4.09. The molecular formula is C24H49F2N3O2. The van der Waals surface area contributed by atoms with Crippen LogP contribution in [0.15, 0.2) is 0 Å². The third kappa shape index (κ3) is 9.99. The molecule has 186 valence electrons. The Balaban J connectivity index is 0.000000233. The smallest absolute Gasteiger partial charge is 0.261 e. The van der Waals surface area contributed by atoms with Gasteiger partial charge in [0, 0.05) is 50.3 Å². The molecule has 3 saturated heterocycles. The topological polar surface area (TPSA) is 39.2 Å². The molecule has 0 bridgehead atoms. The van der Waals surface area contributed by atoms with Gasteiger partial charge in [0.05, 0.1) is 19.8 Å². The van der Waals surface area contributed by atoms with Crippen LogP contribution >= 0.6 is 0 Å². The van der Waals surface area contributed by atoms with E-state index < -0.39 is 5.92 Å². The van der Waals surface area contributed by atoms with Gasteiger partial charge in [0.2, 0.25) is 0 Å². The third-order valence-corrected chi connectivity index (χ3v) is 6.67. The molecule has 0 unspecified atom stereocenters. The van der Waals surface area contributed by atoms with Crippen molar-refractivity contribution in [3.05, 3.63) is 0 Å². The van der Waals surface area contributed by atoms with Crippen molar-refractivity contribution < 1.29 is 18.6 Å². The van der Waals surface area contributed by atoms with E-state index in [0.29, 0.717) is 37.3 Å². The highest BCUT2D eigenvalue weighted by Gasteiger charge is 2.38. The van der Waals surface area contributed by atoms with E-state index in [1.807, 2.05) is 13.8 Å². The molecule has 3 fully saturated rings. The van der Waals surface area contributed by atoms with Gasteiger partial charge in [-0.3, -0.25) is 14.7 Å². The van der Waals surface area contributed by atoms with E-state index in [-0.39, 0.29) is 19.0 Å². The molecule has 7 heteroatoms. The third-order valence-electron chi connectivity index (χ3n) is 6.67. The van der Waals surface area contributed by atoms with Gasteiger partial charge in [-0.15, -0.1) is 0 Å². The molecule has 2 atom stereocenters. The van der Waals surface area contributed by atoms with Crippen LogP contribution in [0.2, 0.25) is 0 Å². The number of hydrogen-bond acceptors (Lipinski definition) is 5. The molecule has 3 rings (SSSR count). The number of hydrogen-bond donors (Lipinski definition) is 1. The molecule has 3 heterocycles.